The van der Waals surface area contributed by atoms with Crippen LogP contribution in [0.4, 0.5) is 0 Å². The Labute approximate surface area is 131 Å². The van der Waals surface area contributed by atoms with Crippen LogP contribution in [0, 0.1) is 13.8 Å². The minimum Gasteiger partial charge on any atom is -0.361 e. The summed E-state index contributed by atoms with van der Waals surface area (Å²) >= 11 is 0. The minimum atomic E-state index is -0.876. The average molecular weight is 311 g/mol. The number of carbonyl (C=O) groups excluding carboxylic acids is 3. The maximum absolute atomic E-state index is 12.6. The van der Waals surface area contributed by atoms with Crippen LogP contribution < -0.4 is 5.32 Å². The van der Waals surface area contributed by atoms with E-state index in [0.717, 1.165) is 4.90 Å². The third-order valence-electron chi connectivity index (χ3n) is 4.39. The highest BCUT2D eigenvalue weighted by Crippen LogP contribution is 2.36. The molecule has 0 aliphatic carbocycles. The second-order valence-corrected chi connectivity index (χ2v) is 5.69. The first-order chi connectivity index (χ1) is 11.0. The Morgan fingerprint density at radius 3 is 2.17 bits per heavy atom. The van der Waals surface area contributed by atoms with Crippen molar-refractivity contribution >= 4 is 17.7 Å². The van der Waals surface area contributed by atoms with Gasteiger partial charge in [0.1, 0.15) is 11.8 Å². The van der Waals surface area contributed by atoms with Crippen LogP contribution in [0.1, 0.15) is 43.8 Å². The van der Waals surface area contributed by atoms with E-state index >= 15 is 0 Å². The summed E-state index contributed by atoms with van der Waals surface area (Å²) in [6, 6.07) is 5.21. The van der Waals surface area contributed by atoms with E-state index in [2.05, 4.69) is 10.5 Å². The fourth-order valence-electron chi connectivity index (χ4n) is 3.26. The van der Waals surface area contributed by atoms with Crippen molar-refractivity contribution in [1.29, 1.82) is 0 Å². The van der Waals surface area contributed by atoms with E-state index in [0.29, 0.717) is 28.1 Å². The molecule has 0 spiro atoms. The monoisotopic (exact) mass is 311 g/mol. The lowest BCUT2D eigenvalue weighted by Crippen LogP contribution is -2.65. The minimum absolute atomic E-state index is 0.328. The number of carbonyl (C=O) groups is 3. The molecular formula is C16H13N3O4. The number of aromatic nitrogens is 1. The Hall–Kier alpha value is -2.96. The van der Waals surface area contributed by atoms with Crippen LogP contribution in [0.3, 0.4) is 0 Å². The summed E-state index contributed by atoms with van der Waals surface area (Å²) < 4.78 is 5.12. The Bertz CT molecular complexity index is 815. The summed E-state index contributed by atoms with van der Waals surface area (Å²) in [6.45, 7) is 3.50. The van der Waals surface area contributed by atoms with Gasteiger partial charge >= 0.3 is 0 Å². The van der Waals surface area contributed by atoms with Crippen molar-refractivity contribution in [3.63, 3.8) is 0 Å². The number of benzene rings is 1. The van der Waals surface area contributed by atoms with Gasteiger partial charge in [0, 0.05) is 5.56 Å². The van der Waals surface area contributed by atoms with Gasteiger partial charge in [-0.1, -0.05) is 17.3 Å². The van der Waals surface area contributed by atoms with Crippen LogP contribution in [0.2, 0.25) is 0 Å². The van der Waals surface area contributed by atoms with Crippen molar-refractivity contribution < 1.29 is 18.9 Å². The summed E-state index contributed by atoms with van der Waals surface area (Å²) in [5.74, 6) is -0.678. The van der Waals surface area contributed by atoms with E-state index in [-0.39, 0.29) is 5.91 Å². The van der Waals surface area contributed by atoms with Crippen molar-refractivity contribution in [2.75, 3.05) is 0 Å². The third kappa shape index (κ3) is 1.70. The van der Waals surface area contributed by atoms with Gasteiger partial charge in [0.05, 0.1) is 22.9 Å². The van der Waals surface area contributed by atoms with Gasteiger partial charge in [-0.3, -0.25) is 19.3 Å². The van der Waals surface area contributed by atoms with Gasteiger partial charge in [0.25, 0.3) is 11.8 Å². The van der Waals surface area contributed by atoms with Crippen molar-refractivity contribution in [2.45, 2.75) is 25.9 Å². The third-order valence-corrected chi connectivity index (χ3v) is 4.39. The SMILES string of the molecule is Cc1noc(C)c1[C@@H]1NC(=O)[C@H]1N1C(=O)c2ccccc2C1=O. The quantitative estimate of drug-likeness (QED) is 0.663. The van der Waals surface area contributed by atoms with Crippen molar-refractivity contribution in [3.8, 4) is 0 Å². The molecule has 1 N–H and O–H groups in total. The fraction of sp³-hybridized carbons (Fsp3) is 0.250. The van der Waals surface area contributed by atoms with E-state index in [9.17, 15) is 14.4 Å². The molecule has 116 valence electrons. The summed E-state index contributed by atoms with van der Waals surface area (Å²) in [4.78, 5) is 38.2. The molecule has 0 bridgehead atoms. The Morgan fingerprint density at radius 2 is 1.70 bits per heavy atom. The highest BCUT2D eigenvalue weighted by Gasteiger charge is 2.53. The van der Waals surface area contributed by atoms with Gasteiger partial charge in [-0.2, -0.15) is 0 Å². The molecule has 1 fully saturated rings. The number of imide groups is 1. The van der Waals surface area contributed by atoms with Gasteiger partial charge in [-0.05, 0) is 26.0 Å². The lowest BCUT2D eigenvalue weighted by atomic mass is 9.89. The number of amides is 3. The van der Waals surface area contributed by atoms with Crippen LogP contribution >= 0.6 is 0 Å². The van der Waals surface area contributed by atoms with Crippen LogP contribution in [0.25, 0.3) is 0 Å². The van der Waals surface area contributed by atoms with E-state index in [4.69, 9.17) is 4.52 Å². The second-order valence-electron chi connectivity index (χ2n) is 5.69. The molecule has 1 aromatic heterocycles. The fourth-order valence-corrected chi connectivity index (χ4v) is 3.26. The molecule has 3 heterocycles. The number of fused-ring (bicyclic) bond motifs is 1. The molecular weight excluding hydrogens is 298 g/mol. The molecule has 23 heavy (non-hydrogen) atoms. The largest absolute Gasteiger partial charge is 0.361 e. The normalized spacial score (nSPS) is 22.9. The van der Waals surface area contributed by atoms with E-state index in [1.807, 2.05) is 0 Å². The second kappa shape index (κ2) is 4.52. The van der Waals surface area contributed by atoms with Crippen molar-refractivity contribution in [1.82, 2.24) is 15.4 Å². The molecule has 0 saturated carbocycles. The number of nitrogens with zero attached hydrogens (tertiary/aromatic N) is 2. The van der Waals surface area contributed by atoms with Crippen molar-refractivity contribution in [2.24, 2.45) is 0 Å². The highest BCUT2D eigenvalue weighted by molar-refractivity contribution is 6.23. The Kier molecular flexibility index (Phi) is 2.69. The van der Waals surface area contributed by atoms with Crippen LogP contribution in [-0.2, 0) is 4.79 Å². The number of aryl methyl sites for hydroxylation is 2. The first kappa shape index (κ1) is 13.7. The molecule has 2 aliphatic heterocycles. The smallest absolute Gasteiger partial charge is 0.262 e. The van der Waals surface area contributed by atoms with E-state index in [1.165, 1.54) is 0 Å². The van der Waals surface area contributed by atoms with Gasteiger partial charge in [-0.25, -0.2) is 0 Å². The standard InChI is InChI=1S/C16H13N3O4/c1-7-11(8(2)23-18-7)12-13(14(20)17-12)19-15(21)9-5-3-4-6-10(9)16(19)22/h3-6,12-13H,1-2H3,(H,17,20)/t12-,13-/m0/s1. The first-order valence-corrected chi connectivity index (χ1v) is 7.20. The van der Waals surface area contributed by atoms with E-state index < -0.39 is 23.9 Å². The average Bonchev–Trinajstić information content (AvgIpc) is 2.98. The molecule has 4 rings (SSSR count). The number of hydrogen-bond donors (Lipinski definition) is 1. The molecule has 3 amide bonds. The molecule has 0 unspecified atom stereocenters. The molecule has 2 aromatic rings. The zero-order chi connectivity index (χ0) is 16.3. The topological polar surface area (TPSA) is 92.5 Å². The van der Waals surface area contributed by atoms with Crippen molar-refractivity contribution in [3.05, 3.63) is 52.4 Å². The molecule has 2 aliphatic rings. The molecule has 2 atom stereocenters. The zero-order valence-electron chi connectivity index (χ0n) is 12.5. The van der Waals surface area contributed by atoms with Gasteiger partial charge in [0.15, 0.2) is 0 Å². The summed E-state index contributed by atoms with van der Waals surface area (Å²) in [7, 11) is 0. The lowest BCUT2D eigenvalue weighted by molar-refractivity contribution is -0.135. The predicted octanol–water partition coefficient (Wildman–Crippen LogP) is 1.13. The summed E-state index contributed by atoms with van der Waals surface area (Å²) in [5, 5.41) is 6.60. The van der Waals surface area contributed by atoms with Gasteiger partial charge < -0.3 is 9.84 Å². The molecule has 0 radical (unpaired) electrons. The first-order valence-electron chi connectivity index (χ1n) is 7.20. The maximum atomic E-state index is 12.6. The lowest BCUT2D eigenvalue weighted by Gasteiger charge is -2.40. The van der Waals surface area contributed by atoms with Crippen LogP contribution in [0.5, 0.6) is 0 Å². The Balaban J connectivity index is 1.75. The maximum Gasteiger partial charge on any atom is 0.262 e. The number of nitrogens with one attached hydrogen (secondary N) is 1. The molecule has 7 heteroatoms. The number of hydrogen-bond acceptors (Lipinski definition) is 5. The summed E-state index contributed by atoms with van der Waals surface area (Å²) in [5.41, 5.74) is 2.00. The number of β-lactam (4-membered cyclic amide) rings is 1. The Morgan fingerprint density at radius 1 is 1.09 bits per heavy atom. The number of rotatable bonds is 2. The summed E-state index contributed by atoms with van der Waals surface area (Å²) in [6.07, 6.45) is 0. The molecule has 7 nitrogen and oxygen atoms in total. The van der Waals surface area contributed by atoms with Gasteiger partial charge in [-0.15, -0.1) is 0 Å². The van der Waals surface area contributed by atoms with Crippen LogP contribution in [0.15, 0.2) is 28.8 Å². The zero-order valence-corrected chi connectivity index (χ0v) is 12.5. The predicted molar refractivity (Wildman–Crippen MR) is 77.6 cm³/mol. The molecule has 1 saturated heterocycles. The highest BCUT2D eigenvalue weighted by atomic mass is 16.5. The van der Waals surface area contributed by atoms with E-state index in [1.54, 1.807) is 38.1 Å². The molecule has 1 aromatic carbocycles. The van der Waals surface area contributed by atoms with Crippen LogP contribution in [-0.4, -0.2) is 33.8 Å². The van der Waals surface area contributed by atoms with Gasteiger partial charge in [0.2, 0.25) is 5.91 Å².